The molecule has 130 valence electrons. The van der Waals surface area contributed by atoms with Crippen molar-refractivity contribution in [2.24, 2.45) is 5.92 Å². The second-order valence-corrected chi connectivity index (χ2v) is 6.99. The number of thiophene rings is 1. The van der Waals surface area contributed by atoms with Crippen molar-refractivity contribution in [3.63, 3.8) is 0 Å². The first-order valence-corrected chi connectivity index (χ1v) is 8.79. The molecule has 2 heterocycles. The van der Waals surface area contributed by atoms with Crippen molar-refractivity contribution in [1.29, 1.82) is 0 Å². The molecule has 0 spiro atoms. The van der Waals surface area contributed by atoms with Crippen molar-refractivity contribution >= 4 is 23.2 Å². The molecule has 0 aliphatic rings. The lowest BCUT2D eigenvalue weighted by molar-refractivity contribution is -0.128. The lowest BCUT2D eigenvalue weighted by atomic mass is 10.0. The van der Waals surface area contributed by atoms with Gasteiger partial charge in [-0.1, -0.05) is 19.9 Å². The van der Waals surface area contributed by atoms with Crippen molar-refractivity contribution in [2.75, 3.05) is 7.05 Å². The maximum atomic E-state index is 12.3. The van der Waals surface area contributed by atoms with Gasteiger partial charge in [0.25, 0.3) is 0 Å². The fourth-order valence-electron chi connectivity index (χ4n) is 2.37. The van der Waals surface area contributed by atoms with Crippen LogP contribution >= 0.6 is 11.3 Å². The molecule has 0 fully saturated rings. The van der Waals surface area contributed by atoms with Crippen LogP contribution in [-0.4, -0.2) is 29.9 Å². The van der Waals surface area contributed by atoms with E-state index in [9.17, 15) is 9.59 Å². The van der Waals surface area contributed by atoms with Crippen molar-refractivity contribution in [1.82, 2.24) is 15.6 Å². The number of oxazole rings is 1. The number of hydrogen-bond donors (Lipinski definition) is 2. The van der Waals surface area contributed by atoms with Crippen LogP contribution in [0.1, 0.15) is 31.7 Å². The molecule has 0 radical (unpaired) electrons. The van der Waals surface area contributed by atoms with Gasteiger partial charge < -0.3 is 15.1 Å². The zero-order chi connectivity index (χ0) is 17.7. The standard InChI is InChI=1S/C17H23N3O3S/c1-10(2)8-13(16(22)18-4)19-15(21)9-12-11(3)23-17(20-12)14-6-5-7-24-14/h5-7,10,13H,8-9H2,1-4H3,(H,18,22)(H,19,21). The van der Waals surface area contributed by atoms with Crippen LogP contribution in [-0.2, 0) is 16.0 Å². The predicted octanol–water partition coefficient (Wildman–Crippen LogP) is 2.53. The number of rotatable bonds is 7. The van der Waals surface area contributed by atoms with E-state index in [4.69, 9.17) is 4.42 Å². The normalized spacial score (nSPS) is 12.2. The SMILES string of the molecule is CNC(=O)C(CC(C)C)NC(=O)Cc1nc(-c2cccs2)oc1C. The van der Waals surface area contributed by atoms with Gasteiger partial charge in [0.15, 0.2) is 0 Å². The molecule has 2 aromatic heterocycles. The highest BCUT2D eigenvalue weighted by molar-refractivity contribution is 7.13. The van der Waals surface area contributed by atoms with E-state index in [2.05, 4.69) is 15.6 Å². The Morgan fingerprint density at radius 3 is 2.71 bits per heavy atom. The van der Waals surface area contributed by atoms with Gasteiger partial charge in [-0.05, 0) is 30.7 Å². The van der Waals surface area contributed by atoms with Crippen LogP contribution in [0.5, 0.6) is 0 Å². The predicted molar refractivity (Wildman–Crippen MR) is 93.7 cm³/mol. The summed E-state index contributed by atoms with van der Waals surface area (Å²) in [5, 5.41) is 7.32. The smallest absolute Gasteiger partial charge is 0.242 e. The molecule has 0 bridgehead atoms. The Balaban J connectivity index is 2.04. The van der Waals surface area contributed by atoms with Gasteiger partial charge in [0, 0.05) is 7.05 Å². The molecule has 0 aliphatic carbocycles. The Morgan fingerprint density at radius 2 is 2.12 bits per heavy atom. The molecule has 0 saturated carbocycles. The minimum Gasteiger partial charge on any atom is -0.440 e. The highest BCUT2D eigenvalue weighted by Crippen LogP contribution is 2.26. The Hall–Kier alpha value is -2.15. The molecular weight excluding hydrogens is 326 g/mol. The third kappa shape index (κ3) is 4.67. The second kappa shape index (κ2) is 8.10. The van der Waals surface area contributed by atoms with Crippen LogP contribution in [0.4, 0.5) is 0 Å². The van der Waals surface area contributed by atoms with Gasteiger partial charge in [0.1, 0.15) is 11.8 Å². The summed E-state index contributed by atoms with van der Waals surface area (Å²) in [6.45, 7) is 5.81. The Bertz CT molecular complexity index is 692. The third-order valence-corrected chi connectivity index (χ3v) is 4.42. The maximum Gasteiger partial charge on any atom is 0.242 e. The Labute approximate surface area is 145 Å². The summed E-state index contributed by atoms with van der Waals surface area (Å²) in [7, 11) is 1.57. The number of nitrogens with one attached hydrogen (secondary N) is 2. The summed E-state index contributed by atoms with van der Waals surface area (Å²) in [6, 6.07) is 3.31. The number of carbonyl (C=O) groups is 2. The zero-order valence-corrected chi connectivity index (χ0v) is 15.2. The fraction of sp³-hybridized carbons (Fsp3) is 0.471. The molecule has 0 saturated heterocycles. The zero-order valence-electron chi connectivity index (χ0n) is 14.4. The van der Waals surface area contributed by atoms with E-state index in [1.165, 1.54) is 11.3 Å². The molecule has 2 rings (SSSR count). The summed E-state index contributed by atoms with van der Waals surface area (Å²) in [4.78, 5) is 29.5. The number of hydrogen-bond acceptors (Lipinski definition) is 5. The monoisotopic (exact) mass is 349 g/mol. The first-order valence-electron chi connectivity index (χ1n) is 7.91. The molecule has 1 unspecified atom stereocenters. The van der Waals surface area contributed by atoms with E-state index in [1.807, 2.05) is 31.4 Å². The average molecular weight is 349 g/mol. The summed E-state index contributed by atoms with van der Waals surface area (Å²) >= 11 is 1.53. The van der Waals surface area contributed by atoms with Crippen molar-refractivity contribution in [3.05, 3.63) is 29.0 Å². The van der Waals surface area contributed by atoms with Crippen molar-refractivity contribution < 1.29 is 14.0 Å². The molecule has 2 N–H and O–H groups in total. The van der Waals surface area contributed by atoms with E-state index >= 15 is 0 Å². The van der Waals surface area contributed by atoms with Gasteiger partial charge in [-0.15, -0.1) is 11.3 Å². The summed E-state index contributed by atoms with van der Waals surface area (Å²) in [5.74, 6) is 1.02. The topological polar surface area (TPSA) is 84.2 Å². The first-order chi connectivity index (χ1) is 11.4. The van der Waals surface area contributed by atoms with Gasteiger partial charge in [0.2, 0.25) is 17.7 Å². The number of nitrogens with zero attached hydrogens (tertiary/aromatic N) is 1. The van der Waals surface area contributed by atoms with Gasteiger partial charge in [0.05, 0.1) is 17.0 Å². The van der Waals surface area contributed by atoms with Crippen LogP contribution in [0.15, 0.2) is 21.9 Å². The number of aromatic nitrogens is 1. The fourth-order valence-corrected chi connectivity index (χ4v) is 3.02. The van der Waals surface area contributed by atoms with Crippen LogP contribution in [0.25, 0.3) is 10.8 Å². The summed E-state index contributed by atoms with van der Waals surface area (Å²) < 4.78 is 5.64. The van der Waals surface area contributed by atoms with Crippen LogP contribution < -0.4 is 10.6 Å². The molecule has 0 aliphatic heterocycles. The van der Waals surface area contributed by atoms with Gasteiger partial charge in [-0.25, -0.2) is 4.98 Å². The van der Waals surface area contributed by atoms with Gasteiger partial charge >= 0.3 is 0 Å². The minimum absolute atomic E-state index is 0.0896. The van der Waals surface area contributed by atoms with E-state index in [1.54, 1.807) is 14.0 Å². The lowest BCUT2D eigenvalue weighted by Crippen LogP contribution is -2.46. The highest BCUT2D eigenvalue weighted by Gasteiger charge is 2.22. The Kier molecular flexibility index (Phi) is 6.14. The number of aryl methyl sites for hydroxylation is 1. The van der Waals surface area contributed by atoms with Crippen LogP contribution in [0.2, 0.25) is 0 Å². The maximum absolute atomic E-state index is 12.3. The quantitative estimate of drug-likeness (QED) is 0.804. The molecule has 24 heavy (non-hydrogen) atoms. The largest absolute Gasteiger partial charge is 0.440 e. The van der Waals surface area contributed by atoms with Gasteiger partial charge in [-0.3, -0.25) is 9.59 Å². The van der Waals surface area contributed by atoms with Crippen molar-refractivity contribution in [3.8, 4) is 10.8 Å². The summed E-state index contributed by atoms with van der Waals surface area (Å²) in [5.41, 5.74) is 0.594. The first kappa shape index (κ1) is 18.2. The molecule has 2 aromatic rings. The second-order valence-electron chi connectivity index (χ2n) is 6.04. The van der Waals surface area contributed by atoms with E-state index in [0.717, 1.165) is 4.88 Å². The van der Waals surface area contributed by atoms with E-state index in [-0.39, 0.29) is 18.2 Å². The molecule has 2 amide bonds. The summed E-state index contributed by atoms with van der Waals surface area (Å²) in [6.07, 6.45) is 0.677. The van der Waals surface area contributed by atoms with Crippen LogP contribution in [0.3, 0.4) is 0 Å². The molecule has 0 aromatic carbocycles. The van der Waals surface area contributed by atoms with Crippen LogP contribution in [0, 0.1) is 12.8 Å². The lowest BCUT2D eigenvalue weighted by Gasteiger charge is -2.18. The number of carbonyl (C=O) groups excluding carboxylic acids is 2. The van der Waals surface area contributed by atoms with E-state index in [0.29, 0.717) is 29.7 Å². The van der Waals surface area contributed by atoms with Gasteiger partial charge in [-0.2, -0.15) is 0 Å². The Morgan fingerprint density at radius 1 is 1.38 bits per heavy atom. The molecule has 7 heteroatoms. The number of amides is 2. The third-order valence-electron chi connectivity index (χ3n) is 3.56. The molecular formula is C17H23N3O3S. The van der Waals surface area contributed by atoms with Crippen molar-refractivity contribution in [2.45, 2.75) is 39.7 Å². The minimum atomic E-state index is -0.536. The molecule has 6 nitrogen and oxygen atoms in total. The molecule has 1 atom stereocenters. The highest BCUT2D eigenvalue weighted by atomic mass is 32.1. The number of likely N-dealkylation sites (N-methyl/N-ethyl adjacent to an activating group) is 1. The van der Waals surface area contributed by atoms with E-state index < -0.39 is 6.04 Å². The average Bonchev–Trinajstić information content (AvgIpc) is 3.15.